The summed E-state index contributed by atoms with van der Waals surface area (Å²) in [5, 5.41) is 7.11. The Bertz CT molecular complexity index is 1190. The van der Waals surface area contributed by atoms with Crippen molar-refractivity contribution in [3.8, 4) is 34.3 Å². The lowest BCUT2D eigenvalue weighted by Crippen LogP contribution is -2.31. The summed E-state index contributed by atoms with van der Waals surface area (Å²) in [6, 6.07) is 8.18. The number of benzene rings is 1. The van der Waals surface area contributed by atoms with Gasteiger partial charge in [-0.3, -0.25) is 9.89 Å². The quantitative estimate of drug-likeness (QED) is 0.578. The summed E-state index contributed by atoms with van der Waals surface area (Å²) in [5.74, 6) is 2.19. The number of methoxy groups -OCH3 is 3. The number of nitrogens with zero attached hydrogens (tertiary/aromatic N) is 2. The number of H-pyrrole nitrogens is 1. The minimum absolute atomic E-state index is 0.184. The van der Waals surface area contributed by atoms with E-state index >= 15 is 0 Å². The molecule has 1 atom stereocenters. The molecule has 0 aliphatic carbocycles. The monoisotopic (exact) mass is 455 g/mol. The molecule has 174 valence electrons. The maximum atomic E-state index is 13.0. The van der Waals surface area contributed by atoms with E-state index in [4.69, 9.17) is 23.4 Å². The van der Waals surface area contributed by atoms with Crippen LogP contribution in [-0.2, 0) is 0 Å². The fourth-order valence-corrected chi connectivity index (χ4v) is 3.82. The number of carbonyl (C=O) groups excluding carboxylic acids is 1. The topological polar surface area (TPSA) is 116 Å². The summed E-state index contributed by atoms with van der Waals surface area (Å²) in [5.41, 5.74) is 1.17. The van der Waals surface area contributed by atoms with Crippen LogP contribution in [0.4, 0.5) is 0 Å². The normalized spacial score (nSPS) is 15.4. The van der Waals surface area contributed by atoms with Gasteiger partial charge in [0.1, 0.15) is 23.3 Å². The molecule has 1 fully saturated rings. The standard InChI is InChI=1S/C23H25N3O7/c1-13-7-16(10-21(27)32-13)33-15-5-6-26(12-15)23(28)18-11-17(24-25-18)14-8-19(29-2)22(31-4)20(9-14)30-3/h7-11,15H,5-6,12H2,1-4H3,(H,24,25). The summed E-state index contributed by atoms with van der Waals surface area (Å²) in [6.45, 7) is 2.61. The highest BCUT2D eigenvalue weighted by atomic mass is 16.5. The molecule has 1 saturated heterocycles. The Kier molecular flexibility index (Phi) is 6.25. The van der Waals surface area contributed by atoms with Gasteiger partial charge in [-0.2, -0.15) is 5.10 Å². The molecule has 0 spiro atoms. The van der Waals surface area contributed by atoms with E-state index in [1.165, 1.54) is 27.4 Å². The van der Waals surface area contributed by atoms with Crippen molar-refractivity contribution in [1.29, 1.82) is 0 Å². The zero-order valence-electron chi connectivity index (χ0n) is 18.8. The predicted octanol–water partition coefficient (Wildman–Crippen LogP) is 2.66. The van der Waals surface area contributed by atoms with Gasteiger partial charge in [0.05, 0.1) is 39.6 Å². The molecule has 1 N–H and O–H groups in total. The van der Waals surface area contributed by atoms with Crippen LogP contribution in [0.15, 0.2) is 39.5 Å². The number of carbonyl (C=O) groups is 1. The SMILES string of the molecule is COc1cc(-c2cc(C(=O)N3CCC(Oc4cc(C)oc(=O)c4)C3)[nH]n2)cc(OC)c1OC. The van der Waals surface area contributed by atoms with Crippen LogP contribution in [0, 0.1) is 6.92 Å². The van der Waals surface area contributed by atoms with Crippen molar-refractivity contribution in [1.82, 2.24) is 15.1 Å². The van der Waals surface area contributed by atoms with Gasteiger partial charge >= 0.3 is 5.63 Å². The zero-order chi connectivity index (χ0) is 23.5. The summed E-state index contributed by atoms with van der Waals surface area (Å²) < 4.78 is 27.0. The summed E-state index contributed by atoms with van der Waals surface area (Å²) >= 11 is 0. The highest BCUT2D eigenvalue weighted by Crippen LogP contribution is 2.40. The number of amides is 1. The van der Waals surface area contributed by atoms with Crippen molar-refractivity contribution in [2.45, 2.75) is 19.4 Å². The number of hydrogen-bond donors (Lipinski definition) is 1. The molecule has 2 aromatic heterocycles. The predicted molar refractivity (Wildman–Crippen MR) is 118 cm³/mol. The maximum Gasteiger partial charge on any atom is 0.339 e. The van der Waals surface area contributed by atoms with Crippen LogP contribution in [0.2, 0.25) is 0 Å². The maximum absolute atomic E-state index is 13.0. The molecular formula is C23H25N3O7. The first-order valence-electron chi connectivity index (χ1n) is 10.3. The van der Waals surface area contributed by atoms with Gasteiger partial charge in [0.15, 0.2) is 11.5 Å². The fourth-order valence-electron chi connectivity index (χ4n) is 3.82. The van der Waals surface area contributed by atoms with Gasteiger partial charge in [-0.05, 0) is 25.1 Å². The van der Waals surface area contributed by atoms with Crippen LogP contribution in [-0.4, -0.2) is 61.5 Å². The Morgan fingerprint density at radius 1 is 1.09 bits per heavy atom. The lowest BCUT2D eigenvalue weighted by atomic mass is 10.1. The van der Waals surface area contributed by atoms with Gasteiger partial charge in [-0.25, -0.2) is 4.79 Å². The summed E-state index contributed by atoms with van der Waals surface area (Å²) in [6.07, 6.45) is 0.437. The van der Waals surface area contributed by atoms with Gasteiger partial charge in [-0.1, -0.05) is 0 Å². The molecule has 1 unspecified atom stereocenters. The summed E-state index contributed by atoms with van der Waals surface area (Å²) in [4.78, 5) is 26.2. The first kappa shape index (κ1) is 22.3. The Hall–Kier alpha value is -3.95. The first-order valence-corrected chi connectivity index (χ1v) is 10.3. The number of likely N-dealkylation sites (tertiary alicyclic amines) is 1. The van der Waals surface area contributed by atoms with Crippen molar-refractivity contribution >= 4 is 5.91 Å². The average molecular weight is 455 g/mol. The van der Waals surface area contributed by atoms with E-state index in [-0.39, 0.29) is 12.0 Å². The molecule has 4 rings (SSSR count). The second-order valence-electron chi connectivity index (χ2n) is 7.58. The molecule has 3 heterocycles. The largest absolute Gasteiger partial charge is 0.493 e. The average Bonchev–Trinajstić information content (AvgIpc) is 3.47. The highest BCUT2D eigenvalue weighted by Gasteiger charge is 2.29. The lowest BCUT2D eigenvalue weighted by molar-refractivity contribution is 0.0766. The lowest BCUT2D eigenvalue weighted by Gasteiger charge is -2.16. The third-order valence-electron chi connectivity index (χ3n) is 5.37. The van der Waals surface area contributed by atoms with E-state index in [1.54, 1.807) is 36.1 Å². The molecule has 0 saturated carbocycles. The van der Waals surface area contributed by atoms with Crippen LogP contribution < -0.4 is 24.6 Å². The van der Waals surface area contributed by atoms with Gasteiger partial charge < -0.3 is 28.3 Å². The van der Waals surface area contributed by atoms with E-state index in [0.717, 1.165) is 0 Å². The van der Waals surface area contributed by atoms with Crippen molar-refractivity contribution in [2.24, 2.45) is 0 Å². The molecule has 1 aromatic carbocycles. The number of nitrogens with one attached hydrogen (secondary N) is 1. The Morgan fingerprint density at radius 3 is 2.45 bits per heavy atom. The molecule has 0 bridgehead atoms. The Balaban J connectivity index is 1.48. The molecule has 1 aliphatic rings. The molecule has 33 heavy (non-hydrogen) atoms. The molecule has 1 aliphatic heterocycles. The number of aryl methyl sites for hydroxylation is 1. The van der Waals surface area contributed by atoms with Gasteiger partial charge in [0, 0.05) is 24.6 Å². The van der Waals surface area contributed by atoms with E-state index in [0.29, 0.717) is 65.2 Å². The second-order valence-corrected chi connectivity index (χ2v) is 7.58. The van der Waals surface area contributed by atoms with E-state index < -0.39 is 5.63 Å². The number of aromatic amines is 1. The van der Waals surface area contributed by atoms with Crippen LogP contribution in [0.25, 0.3) is 11.3 Å². The fraction of sp³-hybridized carbons (Fsp3) is 0.348. The van der Waals surface area contributed by atoms with Gasteiger partial charge in [0.25, 0.3) is 5.91 Å². The number of ether oxygens (including phenoxy) is 4. The van der Waals surface area contributed by atoms with Crippen molar-refractivity contribution < 1.29 is 28.2 Å². The molecule has 0 radical (unpaired) electrons. The molecule has 3 aromatic rings. The third kappa shape index (κ3) is 4.64. The second kappa shape index (κ2) is 9.27. The van der Waals surface area contributed by atoms with Crippen LogP contribution in [0.5, 0.6) is 23.0 Å². The van der Waals surface area contributed by atoms with E-state index in [9.17, 15) is 9.59 Å². The number of rotatable bonds is 7. The number of hydrogen-bond acceptors (Lipinski definition) is 8. The third-order valence-corrected chi connectivity index (χ3v) is 5.37. The molecule has 10 nitrogen and oxygen atoms in total. The van der Waals surface area contributed by atoms with Crippen LogP contribution >= 0.6 is 0 Å². The minimum atomic E-state index is -0.465. The molecule has 10 heteroatoms. The Labute approximate surface area is 190 Å². The van der Waals surface area contributed by atoms with Gasteiger partial charge in [-0.15, -0.1) is 0 Å². The smallest absolute Gasteiger partial charge is 0.339 e. The van der Waals surface area contributed by atoms with Gasteiger partial charge in [0.2, 0.25) is 5.75 Å². The molecule has 1 amide bonds. The van der Waals surface area contributed by atoms with E-state index in [1.807, 2.05) is 0 Å². The van der Waals surface area contributed by atoms with Crippen molar-refractivity contribution in [3.05, 3.63) is 52.2 Å². The molecular weight excluding hydrogens is 430 g/mol. The Morgan fingerprint density at radius 2 is 1.82 bits per heavy atom. The minimum Gasteiger partial charge on any atom is -0.493 e. The van der Waals surface area contributed by atoms with Crippen LogP contribution in [0.3, 0.4) is 0 Å². The highest BCUT2D eigenvalue weighted by molar-refractivity contribution is 5.93. The summed E-state index contributed by atoms with van der Waals surface area (Å²) in [7, 11) is 4.61. The van der Waals surface area contributed by atoms with Crippen molar-refractivity contribution in [2.75, 3.05) is 34.4 Å². The zero-order valence-corrected chi connectivity index (χ0v) is 18.8. The van der Waals surface area contributed by atoms with Crippen molar-refractivity contribution in [3.63, 3.8) is 0 Å². The van der Waals surface area contributed by atoms with Crippen LogP contribution in [0.1, 0.15) is 22.7 Å². The first-order chi connectivity index (χ1) is 15.9. The number of aromatic nitrogens is 2. The van der Waals surface area contributed by atoms with E-state index in [2.05, 4.69) is 10.2 Å².